The molecular formula is C16H28N2O. The van der Waals surface area contributed by atoms with Gasteiger partial charge in [-0.2, -0.15) is 0 Å². The quantitative estimate of drug-likeness (QED) is 0.709. The molecule has 3 heteroatoms. The molecule has 0 heterocycles. The first-order chi connectivity index (χ1) is 8.94. The van der Waals surface area contributed by atoms with Gasteiger partial charge in [-0.05, 0) is 42.5 Å². The summed E-state index contributed by atoms with van der Waals surface area (Å²) in [6.07, 6.45) is 2.15. The summed E-state index contributed by atoms with van der Waals surface area (Å²) in [4.78, 5) is 2.11. The molecular weight excluding hydrogens is 236 g/mol. The Morgan fingerprint density at radius 1 is 1.16 bits per heavy atom. The molecule has 0 atom stereocenters. The molecule has 1 aromatic carbocycles. The number of nitrogens with one attached hydrogen (secondary N) is 1. The van der Waals surface area contributed by atoms with Crippen LogP contribution in [0.2, 0.25) is 0 Å². The van der Waals surface area contributed by atoms with E-state index in [9.17, 15) is 5.11 Å². The number of aliphatic hydroxyl groups is 1. The number of hydrogen-bond donors (Lipinski definition) is 2. The number of rotatable bonds is 8. The SMILES string of the molecule is CN(C)c1ccc(CNCCCC(C)(C)CO)cc1. The molecule has 0 saturated carbocycles. The van der Waals surface area contributed by atoms with Crippen molar-refractivity contribution in [3.05, 3.63) is 29.8 Å². The second-order valence-electron chi connectivity index (χ2n) is 6.16. The van der Waals surface area contributed by atoms with Crippen LogP contribution in [-0.2, 0) is 6.54 Å². The van der Waals surface area contributed by atoms with E-state index in [4.69, 9.17) is 0 Å². The van der Waals surface area contributed by atoms with Gasteiger partial charge in [0.25, 0.3) is 0 Å². The van der Waals surface area contributed by atoms with Crippen molar-refractivity contribution in [3.8, 4) is 0 Å². The summed E-state index contributed by atoms with van der Waals surface area (Å²) in [5, 5.41) is 12.6. The number of nitrogens with zero attached hydrogens (tertiary/aromatic N) is 1. The Morgan fingerprint density at radius 3 is 2.32 bits per heavy atom. The molecule has 0 amide bonds. The highest BCUT2D eigenvalue weighted by molar-refractivity contribution is 5.45. The fourth-order valence-corrected chi connectivity index (χ4v) is 1.92. The van der Waals surface area contributed by atoms with E-state index >= 15 is 0 Å². The molecule has 0 aliphatic heterocycles. The van der Waals surface area contributed by atoms with Crippen LogP contribution in [-0.4, -0.2) is 32.4 Å². The molecule has 0 unspecified atom stereocenters. The van der Waals surface area contributed by atoms with Crippen molar-refractivity contribution in [2.45, 2.75) is 33.2 Å². The van der Waals surface area contributed by atoms with Crippen LogP contribution in [0.3, 0.4) is 0 Å². The predicted molar refractivity (Wildman–Crippen MR) is 82.6 cm³/mol. The van der Waals surface area contributed by atoms with Crippen molar-refractivity contribution >= 4 is 5.69 Å². The molecule has 0 aliphatic carbocycles. The Morgan fingerprint density at radius 2 is 1.79 bits per heavy atom. The van der Waals surface area contributed by atoms with E-state index in [1.165, 1.54) is 11.3 Å². The standard InChI is InChI=1S/C16H28N2O/c1-16(2,13-19)10-5-11-17-12-14-6-8-15(9-7-14)18(3)4/h6-9,17,19H,5,10-13H2,1-4H3. The lowest BCUT2D eigenvalue weighted by Crippen LogP contribution is -2.21. The Hall–Kier alpha value is -1.06. The Balaban J connectivity index is 2.23. The highest BCUT2D eigenvalue weighted by Crippen LogP contribution is 2.20. The van der Waals surface area contributed by atoms with Gasteiger partial charge in [0.05, 0.1) is 0 Å². The molecule has 0 fully saturated rings. The number of anilines is 1. The zero-order valence-corrected chi connectivity index (χ0v) is 12.7. The van der Waals surface area contributed by atoms with Gasteiger partial charge in [0.1, 0.15) is 0 Å². The first-order valence-electron chi connectivity index (χ1n) is 7.02. The summed E-state index contributed by atoms with van der Waals surface area (Å²) >= 11 is 0. The summed E-state index contributed by atoms with van der Waals surface area (Å²) in [7, 11) is 4.10. The molecule has 0 saturated heterocycles. The van der Waals surface area contributed by atoms with Gasteiger partial charge in [-0.1, -0.05) is 26.0 Å². The summed E-state index contributed by atoms with van der Waals surface area (Å²) in [5.74, 6) is 0. The van der Waals surface area contributed by atoms with Gasteiger partial charge in [-0.3, -0.25) is 0 Å². The van der Waals surface area contributed by atoms with Crippen molar-refractivity contribution in [3.63, 3.8) is 0 Å². The summed E-state index contributed by atoms with van der Waals surface area (Å²) in [6, 6.07) is 8.62. The van der Waals surface area contributed by atoms with Crippen LogP contribution < -0.4 is 10.2 Å². The molecule has 0 radical (unpaired) electrons. The molecule has 2 N–H and O–H groups in total. The lowest BCUT2D eigenvalue weighted by molar-refractivity contribution is 0.148. The summed E-state index contributed by atoms with van der Waals surface area (Å²) < 4.78 is 0. The number of hydrogen-bond acceptors (Lipinski definition) is 3. The number of aliphatic hydroxyl groups excluding tert-OH is 1. The van der Waals surface area contributed by atoms with Gasteiger partial charge in [-0.15, -0.1) is 0 Å². The van der Waals surface area contributed by atoms with E-state index < -0.39 is 0 Å². The monoisotopic (exact) mass is 264 g/mol. The molecule has 1 rings (SSSR count). The van der Waals surface area contributed by atoms with Crippen LogP contribution in [0.25, 0.3) is 0 Å². The minimum absolute atomic E-state index is 0.0506. The zero-order chi connectivity index (χ0) is 14.3. The predicted octanol–water partition coefficient (Wildman–Crippen LogP) is 2.64. The average molecular weight is 264 g/mol. The van der Waals surface area contributed by atoms with Crippen LogP contribution in [0.15, 0.2) is 24.3 Å². The first-order valence-corrected chi connectivity index (χ1v) is 7.02. The van der Waals surface area contributed by atoms with E-state index in [1.807, 2.05) is 0 Å². The van der Waals surface area contributed by atoms with E-state index in [0.717, 1.165) is 25.9 Å². The Labute approximate surface area is 117 Å². The third-order valence-electron chi connectivity index (χ3n) is 3.42. The fourth-order valence-electron chi connectivity index (χ4n) is 1.92. The minimum Gasteiger partial charge on any atom is -0.396 e. The second kappa shape index (κ2) is 7.51. The van der Waals surface area contributed by atoms with Crippen LogP contribution in [0, 0.1) is 5.41 Å². The Bertz CT molecular complexity index is 358. The van der Waals surface area contributed by atoms with Crippen molar-refractivity contribution in [2.75, 3.05) is 32.1 Å². The van der Waals surface area contributed by atoms with E-state index in [2.05, 4.69) is 62.4 Å². The molecule has 0 bridgehead atoms. The molecule has 1 aromatic rings. The lowest BCUT2D eigenvalue weighted by atomic mass is 9.89. The largest absolute Gasteiger partial charge is 0.396 e. The maximum atomic E-state index is 9.17. The normalized spacial score (nSPS) is 11.6. The minimum atomic E-state index is 0.0506. The highest BCUT2D eigenvalue weighted by Gasteiger charge is 2.14. The van der Waals surface area contributed by atoms with Crippen LogP contribution in [0.5, 0.6) is 0 Å². The van der Waals surface area contributed by atoms with E-state index in [0.29, 0.717) is 0 Å². The van der Waals surface area contributed by atoms with Gasteiger partial charge in [0.2, 0.25) is 0 Å². The van der Waals surface area contributed by atoms with Gasteiger partial charge in [-0.25, -0.2) is 0 Å². The van der Waals surface area contributed by atoms with Gasteiger partial charge in [0, 0.05) is 32.9 Å². The molecule has 3 nitrogen and oxygen atoms in total. The number of benzene rings is 1. The van der Waals surface area contributed by atoms with Crippen LogP contribution in [0.4, 0.5) is 5.69 Å². The lowest BCUT2D eigenvalue weighted by Gasteiger charge is -2.21. The van der Waals surface area contributed by atoms with Crippen molar-refractivity contribution in [1.29, 1.82) is 0 Å². The summed E-state index contributed by atoms with van der Waals surface area (Å²) in [6.45, 7) is 6.38. The van der Waals surface area contributed by atoms with Gasteiger partial charge < -0.3 is 15.3 Å². The smallest absolute Gasteiger partial charge is 0.0482 e. The second-order valence-corrected chi connectivity index (χ2v) is 6.16. The average Bonchev–Trinajstić information content (AvgIpc) is 2.39. The maximum Gasteiger partial charge on any atom is 0.0482 e. The molecule has 19 heavy (non-hydrogen) atoms. The zero-order valence-electron chi connectivity index (χ0n) is 12.7. The van der Waals surface area contributed by atoms with Gasteiger partial charge in [0.15, 0.2) is 0 Å². The molecule has 108 valence electrons. The molecule has 0 spiro atoms. The Kier molecular flexibility index (Phi) is 6.32. The van der Waals surface area contributed by atoms with E-state index in [1.54, 1.807) is 0 Å². The van der Waals surface area contributed by atoms with Crippen LogP contribution in [0.1, 0.15) is 32.3 Å². The third-order valence-corrected chi connectivity index (χ3v) is 3.42. The highest BCUT2D eigenvalue weighted by atomic mass is 16.3. The van der Waals surface area contributed by atoms with Crippen molar-refractivity contribution < 1.29 is 5.11 Å². The van der Waals surface area contributed by atoms with Gasteiger partial charge >= 0.3 is 0 Å². The van der Waals surface area contributed by atoms with Crippen molar-refractivity contribution in [1.82, 2.24) is 5.32 Å². The van der Waals surface area contributed by atoms with E-state index in [-0.39, 0.29) is 12.0 Å². The van der Waals surface area contributed by atoms with Crippen molar-refractivity contribution in [2.24, 2.45) is 5.41 Å². The molecule has 0 aromatic heterocycles. The fraction of sp³-hybridized carbons (Fsp3) is 0.625. The summed E-state index contributed by atoms with van der Waals surface area (Å²) in [5.41, 5.74) is 2.59. The first kappa shape index (κ1) is 16.0. The van der Waals surface area contributed by atoms with Crippen LogP contribution >= 0.6 is 0 Å². The maximum absolute atomic E-state index is 9.17. The molecule has 0 aliphatic rings. The third kappa shape index (κ3) is 6.08. The topological polar surface area (TPSA) is 35.5 Å².